The van der Waals surface area contributed by atoms with E-state index in [2.05, 4.69) is 5.32 Å². The second-order valence-electron chi connectivity index (χ2n) is 2.23. The average molecular weight is 131 g/mol. The smallest absolute Gasteiger partial charge is 0.0969 e. The van der Waals surface area contributed by atoms with Crippen LogP contribution in [0.15, 0.2) is 0 Å². The Labute approximate surface area is 55.0 Å². The van der Waals surface area contributed by atoms with E-state index in [0.717, 1.165) is 19.4 Å². The largest absolute Gasteiger partial charge is 0.396 e. The zero-order valence-corrected chi connectivity index (χ0v) is 5.47. The van der Waals surface area contributed by atoms with Gasteiger partial charge in [0, 0.05) is 6.61 Å². The maximum atomic E-state index is 8.52. The van der Waals surface area contributed by atoms with E-state index in [-0.39, 0.29) is 12.7 Å². The van der Waals surface area contributed by atoms with Crippen LogP contribution in [0.2, 0.25) is 0 Å². The van der Waals surface area contributed by atoms with Gasteiger partial charge in [-0.15, -0.1) is 0 Å². The molecule has 0 radical (unpaired) electrons. The Hall–Kier alpha value is -0.120. The number of ether oxygens (including phenoxy) is 1. The van der Waals surface area contributed by atoms with Crippen LogP contribution in [-0.4, -0.2) is 31.1 Å². The first kappa shape index (κ1) is 6.99. The van der Waals surface area contributed by atoms with Gasteiger partial charge in [-0.1, -0.05) is 0 Å². The van der Waals surface area contributed by atoms with Gasteiger partial charge < -0.3 is 9.84 Å². The Balaban J connectivity index is 2.08. The zero-order chi connectivity index (χ0) is 6.53. The minimum atomic E-state index is 0.241. The standard InChI is InChI=1S/C6H13NO2/c8-4-2-6-1-3-7-5-9-6/h6-8H,1-5H2. The highest BCUT2D eigenvalue weighted by atomic mass is 16.5. The summed E-state index contributed by atoms with van der Waals surface area (Å²) in [6.07, 6.45) is 2.10. The molecular formula is C6H13NO2. The fraction of sp³-hybridized carbons (Fsp3) is 1.00. The van der Waals surface area contributed by atoms with Crippen LogP contribution in [0.4, 0.5) is 0 Å². The van der Waals surface area contributed by atoms with Crippen molar-refractivity contribution in [2.45, 2.75) is 18.9 Å². The van der Waals surface area contributed by atoms with E-state index in [4.69, 9.17) is 9.84 Å². The highest BCUT2D eigenvalue weighted by Gasteiger charge is 2.11. The van der Waals surface area contributed by atoms with Crippen LogP contribution in [-0.2, 0) is 4.74 Å². The first-order chi connectivity index (χ1) is 4.43. The molecule has 0 saturated carbocycles. The van der Waals surface area contributed by atoms with Crippen LogP contribution >= 0.6 is 0 Å². The maximum Gasteiger partial charge on any atom is 0.0969 e. The average Bonchev–Trinajstić information content (AvgIpc) is 1.91. The van der Waals surface area contributed by atoms with Gasteiger partial charge in [-0.25, -0.2) is 0 Å². The number of hydrogen-bond acceptors (Lipinski definition) is 3. The fourth-order valence-electron chi connectivity index (χ4n) is 0.967. The van der Waals surface area contributed by atoms with Gasteiger partial charge in [0.25, 0.3) is 0 Å². The molecule has 1 rings (SSSR count). The molecule has 0 aromatic carbocycles. The number of aliphatic hydroxyl groups is 1. The number of aliphatic hydroxyl groups excluding tert-OH is 1. The van der Waals surface area contributed by atoms with Gasteiger partial charge in [0.1, 0.15) is 0 Å². The molecule has 0 aromatic rings. The Morgan fingerprint density at radius 3 is 3.11 bits per heavy atom. The van der Waals surface area contributed by atoms with Gasteiger partial charge in [-0.2, -0.15) is 0 Å². The summed E-state index contributed by atoms with van der Waals surface area (Å²) in [6, 6.07) is 0. The van der Waals surface area contributed by atoms with E-state index >= 15 is 0 Å². The molecule has 1 saturated heterocycles. The summed E-state index contributed by atoms with van der Waals surface area (Å²) in [4.78, 5) is 0. The van der Waals surface area contributed by atoms with Crippen molar-refractivity contribution in [3.8, 4) is 0 Å². The molecule has 54 valence electrons. The summed E-state index contributed by atoms with van der Waals surface area (Å²) in [5, 5.41) is 11.6. The summed E-state index contributed by atoms with van der Waals surface area (Å²) >= 11 is 0. The lowest BCUT2D eigenvalue weighted by molar-refractivity contribution is -0.00556. The highest BCUT2D eigenvalue weighted by Crippen LogP contribution is 2.04. The molecule has 1 fully saturated rings. The Kier molecular flexibility index (Phi) is 2.97. The first-order valence-electron chi connectivity index (χ1n) is 3.36. The van der Waals surface area contributed by atoms with Gasteiger partial charge in [-0.3, -0.25) is 5.32 Å². The fourth-order valence-corrected chi connectivity index (χ4v) is 0.967. The second-order valence-corrected chi connectivity index (χ2v) is 2.23. The molecule has 1 heterocycles. The van der Waals surface area contributed by atoms with Crippen molar-refractivity contribution in [3.63, 3.8) is 0 Å². The van der Waals surface area contributed by atoms with E-state index < -0.39 is 0 Å². The third-order valence-corrected chi connectivity index (χ3v) is 1.52. The van der Waals surface area contributed by atoms with Crippen molar-refractivity contribution in [2.24, 2.45) is 0 Å². The minimum absolute atomic E-state index is 0.241. The van der Waals surface area contributed by atoms with Gasteiger partial charge in [0.2, 0.25) is 0 Å². The van der Waals surface area contributed by atoms with E-state index in [9.17, 15) is 0 Å². The maximum absolute atomic E-state index is 8.52. The van der Waals surface area contributed by atoms with Crippen LogP contribution in [0, 0.1) is 0 Å². The van der Waals surface area contributed by atoms with Crippen molar-refractivity contribution in [3.05, 3.63) is 0 Å². The van der Waals surface area contributed by atoms with Gasteiger partial charge >= 0.3 is 0 Å². The van der Waals surface area contributed by atoms with E-state index in [1.54, 1.807) is 0 Å². The van der Waals surface area contributed by atoms with E-state index in [0.29, 0.717) is 6.73 Å². The van der Waals surface area contributed by atoms with Crippen LogP contribution in [0.25, 0.3) is 0 Å². The zero-order valence-electron chi connectivity index (χ0n) is 5.47. The summed E-state index contributed by atoms with van der Waals surface area (Å²) in [6.45, 7) is 1.90. The molecule has 0 bridgehead atoms. The Morgan fingerprint density at radius 1 is 1.67 bits per heavy atom. The van der Waals surface area contributed by atoms with Crippen molar-refractivity contribution < 1.29 is 9.84 Å². The predicted molar refractivity (Wildman–Crippen MR) is 34.1 cm³/mol. The molecule has 9 heavy (non-hydrogen) atoms. The third kappa shape index (κ3) is 2.30. The molecule has 2 N–H and O–H groups in total. The number of hydrogen-bond donors (Lipinski definition) is 2. The van der Waals surface area contributed by atoms with E-state index in [1.165, 1.54) is 0 Å². The SMILES string of the molecule is OCCC1CCNCO1. The topological polar surface area (TPSA) is 41.5 Å². The summed E-state index contributed by atoms with van der Waals surface area (Å²) in [5.74, 6) is 0. The molecule has 1 aliphatic heterocycles. The van der Waals surface area contributed by atoms with Gasteiger partial charge in [0.05, 0.1) is 12.8 Å². The minimum Gasteiger partial charge on any atom is -0.396 e. The molecular weight excluding hydrogens is 118 g/mol. The van der Waals surface area contributed by atoms with Crippen LogP contribution in [0.3, 0.4) is 0 Å². The lowest BCUT2D eigenvalue weighted by Crippen LogP contribution is -2.33. The molecule has 1 unspecified atom stereocenters. The second kappa shape index (κ2) is 3.82. The van der Waals surface area contributed by atoms with Crippen LogP contribution in [0.1, 0.15) is 12.8 Å². The van der Waals surface area contributed by atoms with Crippen molar-refractivity contribution >= 4 is 0 Å². The third-order valence-electron chi connectivity index (χ3n) is 1.52. The van der Waals surface area contributed by atoms with Crippen molar-refractivity contribution in [2.75, 3.05) is 19.9 Å². The Bertz CT molecular complexity index is 68.7. The summed E-state index contributed by atoms with van der Waals surface area (Å²) in [7, 11) is 0. The Morgan fingerprint density at radius 2 is 2.56 bits per heavy atom. The lowest BCUT2D eigenvalue weighted by atomic mass is 10.2. The molecule has 1 aliphatic rings. The molecule has 0 aromatic heterocycles. The molecule has 3 heteroatoms. The number of nitrogens with one attached hydrogen (secondary N) is 1. The van der Waals surface area contributed by atoms with E-state index in [1.807, 2.05) is 0 Å². The van der Waals surface area contributed by atoms with Crippen molar-refractivity contribution in [1.82, 2.24) is 5.32 Å². The molecule has 1 atom stereocenters. The molecule has 0 amide bonds. The molecule has 0 spiro atoms. The normalized spacial score (nSPS) is 28.3. The molecule has 3 nitrogen and oxygen atoms in total. The van der Waals surface area contributed by atoms with Gasteiger partial charge in [0.15, 0.2) is 0 Å². The van der Waals surface area contributed by atoms with Gasteiger partial charge in [-0.05, 0) is 19.4 Å². The predicted octanol–water partition coefficient (Wildman–Crippen LogP) is -0.295. The monoisotopic (exact) mass is 131 g/mol. The highest BCUT2D eigenvalue weighted by molar-refractivity contribution is 4.62. The summed E-state index contributed by atoms with van der Waals surface area (Å²) < 4.78 is 5.25. The van der Waals surface area contributed by atoms with Crippen LogP contribution < -0.4 is 5.32 Å². The lowest BCUT2D eigenvalue weighted by Gasteiger charge is -2.22. The van der Waals surface area contributed by atoms with Crippen LogP contribution in [0.5, 0.6) is 0 Å². The summed E-state index contributed by atoms with van der Waals surface area (Å²) in [5.41, 5.74) is 0. The molecule has 0 aliphatic carbocycles. The quantitative estimate of drug-likeness (QED) is 0.541. The van der Waals surface area contributed by atoms with Crippen molar-refractivity contribution in [1.29, 1.82) is 0 Å². The first-order valence-corrected chi connectivity index (χ1v) is 3.36. The number of rotatable bonds is 2.